The van der Waals surface area contributed by atoms with Gasteiger partial charge in [0.05, 0.1) is 17.6 Å². The second-order valence-electron chi connectivity index (χ2n) is 7.37. The number of aliphatic hydroxyl groups is 1. The molecule has 0 amide bonds. The first-order chi connectivity index (χ1) is 12.6. The van der Waals surface area contributed by atoms with Gasteiger partial charge in [-0.3, -0.25) is 9.59 Å². The minimum Gasteiger partial charge on any atom is -0.493 e. The molecule has 2 rings (SSSR count). The number of ketones is 1. The van der Waals surface area contributed by atoms with Crippen LogP contribution in [-0.4, -0.2) is 35.2 Å². The lowest BCUT2D eigenvalue weighted by Crippen LogP contribution is -2.57. The van der Waals surface area contributed by atoms with Crippen LogP contribution >= 0.6 is 11.6 Å². The first kappa shape index (κ1) is 21.5. The van der Waals surface area contributed by atoms with Crippen molar-refractivity contribution in [2.45, 2.75) is 52.7 Å². The van der Waals surface area contributed by atoms with Crippen LogP contribution in [0.25, 0.3) is 0 Å². The molecule has 6 heteroatoms. The average Bonchev–Trinajstić information content (AvgIpc) is 2.61. The number of carbonyl (C=O) groups is 2. The Kier molecular flexibility index (Phi) is 6.71. The molecule has 0 spiro atoms. The molecule has 0 fully saturated rings. The fourth-order valence-corrected chi connectivity index (χ4v) is 3.62. The Labute approximate surface area is 165 Å². The second-order valence-corrected chi connectivity index (χ2v) is 7.75. The Morgan fingerprint density at radius 2 is 2.19 bits per heavy atom. The Morgan fingerprint density at radius 1 is 1.52 bits per heavy atom. The molecule has 148 valence electrons. The van der Waals surface area contributed by atoms with Crippen molar-refractivity contribution in [1.82, 2.24) is 0 Å². The number of carbonyl (C=O) groups excluding carboxylic acids is 2. The maximum atomic E-state index is 12.5. The summed E-state index contributed by atoms with van der Waals surface area (Å²) >= 11 is 6.24. The third-order valence-corrected chi connectivity index (χ3v) is 5.34. The molecule has 5 nitrogen and oxygen atoms in total. The lowest BCUT2D eigenvalue weighted by atomic mass is 9.74. The van der Waals surface area contributed by atoms with Crippen LogP contribution in [0.15, 0.2) is 46.2 Å². The fraction of sp³-hybridized carbons (Fsp3) is 0.524. The van der Waals surface area contributed by atoms with Gasteiger partial charge in [-0.1, -0.05) is 49.6 Å². The van der Waals surface area contributed by atoms with E-state index in [4.69, 9.17) is 21.1 Å². The maximum absolute atomic E-state index is 12.5. The standard InChI is InChI=1S/C21H27ClO5/c1-6-12(2)9-13(3)7-8-15-10-16-17(11-26-15)20(27-14(4)23)21(5,25)19(24)18(16)22/h7-10,12,17,20,25H,6,11H2,1-5H3/b8-7+,13-9+/t12?,17?,20-,21?/m1/s1. The summed E-state index contributed by atoms with van der Waals surface area (Å²) in [5.74, 6) is -0.697. The summed E-state index contributed by atoms with van der Waals surface area (Å²) in [6.07, 6.45) is 7.62. The predicted octanol–water partition coefficient (Wildman–Crippen LogP) is 3.82. The second kappa shape index (κ2) is 8.44. The molecule has 0 aromatic carbocycles. The van der Waals surface area contributed by atoms with E-state index < -0.39 is 29.4 Å². The van der Waals surface area contributed by atoms with Gasteiger partial charge in [0.15, 0.2) is 5.60 Å². The van der Waals surface area contributed by atoms with Gasteiger partial charge in [0, 0.05) is 6.92 Å². The summed E-state index contributed by atoms with van der Waals surface area (Å²) in [6.45, 7) is 8.99. The van der Waals surface area contributed by atoms with Crippen molar-refractivity contribution in [1.29, 1.82) is 0 Å². The van der Waals surface area contributed by atoms with Gasteiger partial charge in [0.1, 0.15) is 11.9 Å². The van der Waals surface area contributed by atoms with E-state index in [1.807, 2.05) is 19.1 Å². The van der Waals surface area contributed by atoms with Gasteiger partial charge in [-0.15, -0.1) is 0 Å². The van der Waals surface area contributed by atoms with E-state index in [-0.39, 0.29) is 11.6 Å². The smallest absolute Gasteiger partial charge is 0.303 e. The number of hydrogen-bond acceptors (Lipinski definition) is 5. The molecule has 27 heavy (non-hydrogen) atoms. The number of hydrogen-bond donors (Lipinski definition) is 1. The summed E-state index contributed by atoms with van der Waals surface area (Å²) in [5.41, 5.74) is -0.262. The average molecular weight is 395 g/mol. The zero-order valence-corrected chi connectivity index (χ0v) is 17.2. The van der Waals surface area contributed by atoms with Gasteiger partial charge in [0.2, 0.25) is 5.78 Å². The number of rotatable bonds is 5. The van der Waals surface area contributed by atoms with E-state index in [1.54, 1.807) is 6.08 Å². The fourth-order valence-electron chi connectivity index (χ4n) is 3.24. The van der Waals surface area contributed by atoms with E-state index in [0.29, 0.717) is 17.3 Å². The molecule has 0 saturated heterocycles. The molecule has 0 aromatic rings. The molecule has 1 heterocycles. The Morgan fingerprint density at radius 3 is 2.78 bits per heavy atom. The summed E-state index contributed by atoms with van der Waals surface area (Å²) in [6, 6.07) is 0. The first-order valence-corrected chi connectivity index (χ1v) is 9.50. The van der Waals surface area contributed by atoms with Crippen molar-refractivity contribution in [2.75, 3.05) is 6.61 Å². The van der Waals surface area contributed by atoms with Gasteiger partial charge in [0.25, 0.3) is 0 Å². The molecule has 1 aliphatic heterocycles. The predicted molar refractivity (Wildman–Crippen MR) is 104 cm³/mol. The SMILES string of the molecule is CCC(C)/C=C(C)/C=C/C1=CC2=C(Cl)C(=O)C(C)(O)[C@H](OC(C)=O)C2CO1. The van der Waals surface area contributed by atoms with Crippen LogP contribution < -0.4 is 0 Å². The zero-order valence-electron chi connectivity index (χ0n) is 16.4. The first-order valence-electron chi connectivity index (χ1n) is 9.13. The highest BCUT2D eigenvalue weighted by molar-refractivity contribution is 6.44. The van der Waals surface area contributed by atoms with Gasteiger partial charge in [-0.2, -0.15) is 0 Å². The summed E-state index contributed by atoms with van der Waals surface area (Å²) < 4.78 is 11.0. The number of ether oxygens (including phenoxy) is 2. The van der Waals surface area contributed by atoms with E-state index in [0.717, 1.165) is 12.0 Å². The van der Waals surface area contributed by atoms with Crippen LogP contribution in [-0.2, 0) is 19.1 Å². The van der Waals surface area contributed by atoms with Gasteiger partial charge >= 0.3 is 5.97 Å². The van der Waals surface area contributed by atoms with Crippen molar-refractivity contribution < 1.29 is 24.2 Å². The molecule has 0 radical (unpaired) electrons. The number of fused-ring (bicyclic) bond motifs is 1. The number of allylic oxidation sites excluding steroid dienone is 5. The number of esters is 1. The van der Waals surface area contributed by atoms with Gasteiger partial charge < -0.3 is 14.6 Å². The number of halogens is 1. The minimum atomic E-state index is -1.89. The quantitative estimate of drug-likeness (QED) is 0.566. The zero-order chi connectivity index (χ0) is 20.4. The lowest BCUT2D eigenvalue weighted by molar-refractivity contribution is -0.174. The monoisotopic (exact) mass is 394 g/mol. The van der Waals surface area contributed by atoms with E-state index in [1.165, 1.54) is 13.8 Å². The summed E-state index contributed by atoms with van der Waals surface area (Å²) in [5, 5.41) is 10.5. The van der Waals surface area contributed by atoms with E-state index >= 15 is 0 Å². The molecule has 1 aliphatic carbocycles. The summed E-state index contributed by atoms with van der Waals surface area (Å²) in [7, 11) is 0. The molecule has 4 atom stereocenters. The molecule has 0 saturated carbocycles. The Balaban J connectivity index is 2.34. The molecule has 3 unspecified atom stereocenters. The van der Waals surface area contributed by atoms with Crippen molar-refractivity contribution in [3.05, 3.63) is 46.2 Å². The highest BCUT2D eigenvalue weighted by Crippen LogP contribution is 2.41. The molecular weight excluding hydrogens is 368 g/mol. The van der Waals surface area contributed by atoms with Crippen LogP contribution in [0, 0.1) is 11.8 Å². The third-order valence-electron chi connectivity index (χ3n) is 4.95. The molecule has 0 aromatic heterocycles. The van der Waals surface area contributed by atoms with E-state index in [2.05, 4.69) is 19.9 Å². The van der Waals surface area contributed by atoms with E-state index in [9.17, 15) is 14.7 Å². The highest BCUT2D eigenvalue weighted by Gasteiger charge is 2.53. The topological polar surface area (TPSA) is 72.8 Å². The van der Waals surface area contributed by atoms with Crippen LogP contribution in [0.2, 0.25) is 0 Å². The Bertz CT molecular complexity index is 742. The third kappa shape index (κ3) is 4.71. The van der Waals surface area contributed by atoms with Crippen molar-refractivity contribution in [2.24, 2.45) is 11.8 Å². The molecular formula is C21H27ClO5. The number of Topliss-reactive ketones (excluding diaryl/α,β-unsaturated/α-hetero) is 1. The van der Waals surface area contributed by atoms with Crippen molar-refractivity contribution >= 4 is 23.4 Å². The van der Waals surface area contributed by atoms with Crippen LogP contribution in [0.1, 0.15) is 41.0 Å². The van der Waals surface area contributed by atoms with Gasteiger partial charge in [-0.05, 0) is 37.5 Å². The van der Waals surface area contributed by atoms with Crippen LogP contribution in [0.5, 0.6) is 0 Å². The normalized spacial score (nSPS) is 30.0. The highest BCUT2D eigenvalue weighted by atomic mass is 35.5. The largest absolute Gasteiger partial charge is 0.493 e. The molecule has 0 bridgehead atoms. The molecule has 2 aliphatic rings. The minimum absolute atomic E-state index is 0.0468. The lowest BCUT2D eigenvalue weighted by Gasteiger charge is -2.42. The van der Waals surface area contributed by atoms with Crippen molar-refractivity contribution in [3.63, 3.8) is 0 Å². The summed E-state index contributed by atoms with van der Waals surface area (Å²) in [4.78, 5) is 23.9. The van der Waals surface area contributed by atoms with Gasteiger partial charge in [-0.25, -0.2) is 0 Å². The molecule has 1 N–H and O–H groups in total. The van der Waals surface area contributed by atoms with Crippen LogP contribution in [0.3, 0.4) is 0 Å². The Hall–Kier alpha value is -1.85. The maximum Gasteiger partial charge on any atom is 0.303 e. The van der Waals surface area contributed by atoms with Crippen LogP contribution in [0.4, 0.5) is 0 Å². The van der Waals surface area contributed by atoms with Crippen molar-refractivity contribution in [3.8, 4) is 0 Å².